The Morgan fingerprint density at radius 1 is 1.29 bits per heavy atom. The summed E-state index contributed by atoms with van der Waals surface area (Å²) in [4.78, 5) is 0. The predicted octanol–water partition coefficient (Wildman–Crippen LogP) is 3.44. The molecule has 0 aliphatic heterocycles. The van der Waals surface area contributed by atoms with E-state index in [-0.39, 0.29) is 0 Å². The van der Waals surface area contributed by atoms with Gasteiger partial charge in [0.2, 0.25) is 0 Å². The van der Waals surface area contributed by atoms with E-state index in [2.05, 4.69) is 56.6 Å². The quantitative estimate of drug-likeness (QED) is 0.723. The summed E-state index contributed by atoms with van der Waals surface area (Å²) in [7, 11) is 1.72. The van der Waals surface area contributed by atoms with Crippen LogP contribution in [0.5, 0.6) is 0 Å². The van der Waals surface area contributed by atoms with Crippen LogP contribution in [0.15, 0.2) is 22.7 Å². The zero-order chi connectivity index (χ0) is 15.1. The first-order chi connectivity index (χ1) is 10.2. The van der Waals surface area contributed by atoms with Crippen LogP contribution in [0, 0.1) is 6.92 Å². The number of ether oxygens (including phenoxy) is 1. The number of hydrogen-bond donors (Lipinski definition) is 1. The average Bonchev–Trinajstić information content (AvgIpc) is 2.94. The van der Waals surface area contributed by atoms with Gasteiger partial charge in [0.25, 0.3) is 0 Å². The molecule has 0 aliphatic rings. The highest BCUT2D eigenvalue weighted by Crippen LogP contribution is 2.27. The van der Waals surface area contributed by atoms with Crippen molar-refractivity contribution < 1.29 is 4.74 Å². The van der Waals surface area contributed by atoms with Crippen molar-refractivity contribution in [1.82, 2.24) is 15.5 Å². The summed E-state index contributed by atoms with van der Waals surface area (Å²) < 4.78 is 6.11. The fraction of sp³-hybridized carbons (Fsp3) is 0.467. The van der Waals surface area contributed by atoms with E-state index in [1.54, 1.807) is 18.4 Å². The van der Waals surface area contributed by atoms with Crippen LogP contribution in [0.25, 0.3) is 10.6 Å². The molecule has 1 aromatic carbocycles. The molecular formula is C15H20BrN3OS. The highest BCUT2D eigenvalue weighted by Gasteiger charge is 2.07. The maximum absolute atomic E-state index is 4.99. The molecule has 0 unspecified atom stereocenters. The minimum Gasteiger partial charge on any atom is -0.383 e. The lowest BCUT2D eigenvalue weighted by atomic mass is 10.1. The molecule has 0 saturated heterocycles. The Balaban J connectivity index is 1.85. The Morgan fingerprint density at radius 3 is 2.90 bits per heavy atom. The van der Waals surface area contributed by atoms with Gasteiger partial charge < -0.3 is 10.1 Å². The van der Waals surface area contributed by atoms with Gasteiger partial charge in [-0.2, -0.15) is 0 Å². The maximum atomic E-state index is 4.99. The van der Waals surface area contributed by atoms with E-state index in [1.165, 1.54) is 5.56 Å². The van der Waals surface area contributed by atoms with Crippen molar-refractivity contribution >= 4 is 27.3 Å². The number of rotatable bonds is 8. The Hall–Kier alpha value is -0.820. The monoisotopic (exact) mass is 369 g/mol. The topological polar surface area (TPSA) is 47.0 Å². The van der Waals surface area contributed by atoms with Crippen molar-refractivity contribution in [3.63, 3.8) is 0 Å². The second kappa shape index (κ2) is 8.58. The van der Waals surface area contributed by atoms with Crippen molar-refractivity contribution in [3.8, 4) is 10.6 Å². The average molecular weight is 370 g/mol. The first-order valence-corrected chi connectivity index (χ1v) is 8.60. The minimum absolute atomic E-state index is 0.756. The van der Waals surface area contributed by atoms with Crippen LogP contribution < -0.4 is 5.32 Å². The van der Waals surface area contributed by atoms with Crippen molar-refractivity contribution in [2.75, 3.05) is 26.8 Å². The van der Waals surface area contributed by atoms with Crippen molar-refractivity contribution in [1.29, 1.82) is 0 Å². The number of hydrogen-bond acceptors (Lipinski definition) is 5. The third-order valence-electron chi connectivity index (χ3n) is 3.10. The molecule has 0 amide bonds. The summed E-state index contributed by atoms with van der Waals surface area (Å²) in [6.07, 6.45) is 2.03. The zero-order valence-electron chi connectivity index (χ0n) is 12.4. The highest BCUT2D eigenvalue weighted by atomic mass is 79.9. The Kier molecular flexibility index (Phi) is 6.76. The molecular weight excluding hydrogens is 350 g/mol. The lowest BCUT2D eigenvalue weighted by molar-refractivity contribution is 0.199. The normalized spacial score (nSPS) is 11.0. The van der Waals surface area contributed by atoms with Crippen LogP contribution in [0.1, 0.15) is 17.0 Å². The van der Waals surface area contributed by atoms with Crippen LogP contribution >= 0.6 is 27.3 Å². The molecule has 0 fully saturated rings. The number of nitrogens with zero attached hydrogens (tertiary/aromatic N) is 2. The molecule has 1 N–H and O–H groups in total. The SMILES string of the molecule is COCCNCCCc1nnc(-c2ccc(Br)c(C)c2)s1. The van der Waals surface area contributed by atoms with Gasteiger partial charge in [-0.3, -0.25) is 0 Å². The molecule has 2 rings (SSSR count). The Bertz CT molecular complexity index is 574. The van der Waals surface area contributed by atoms with Gasteiger partial charge in [0, 0.05) is 30.1 Å². The molecule has 0 radical (unpaired) electrons. The van der Waals surface area contributed by atoms with Crippen molar-refractivity contribution in [3.05, 3.63) is 33.2 Å². The largest absolute Gasteiger partial charge is 0.383 e. The van der Waals surface area contributed by atoms with Gasteiger partial charge in [-0.25, -0.2) is 0 Å². The molecule has 2 aromatic rings. The summed E-state index contributed by atoms with van der Waals surface area (Å²) in [6.45, 7) is 4.72. The van der Waals surface area contributed by atoms with Gasteiger partial charge in [0.1, 0.15) is 10.0 Å². The molecule has 0 saturated carbocycles. The van der Waals surface area contributed by atoms with Crippen molar-refractivity contribution in [2.45, 2.75) is 19.8 Å². The minimum atomic E-state index is 0.756. The highest BCUT2D eigenvalue weighted by molar-refractivity contribution is 9.10. The smallest absolute Gasteiger partial charge is 0.147 e. The molecule has 6 heteroatoms. The molecule has 114 valence electrons. The van der Waals surface area contributed by atoms with Crippen molar-refractivity contribution in [2.24, 2.45) is 0 Å². The van der Waals surface area contributed by atoms with E-state index in [4.69, 9.17) is 4.74 Å². The number of nitrogens with one attached hydrogen (secondary N) is 1. The molecule has 1 heterocycles. The Labute approximate surface area is 138 Å². The van der Waals surface area contributed by atoms with Crippen LogP contribution in [0.2, 0.25) is 0 Å². The van der Waals surface area contributed by atoms with E-state index in [1.807, 2.05) is 0 Å². The summed E-state index contributed by atoms with van der Waals surface area (Å²) in [5.74, 6) is 0. The molecule has 0 spiro atoms. The van der Waals surface area contributed by atoms with Crippen LogP contribution in [0.3, 0.4) is 0 Å². The number of aryl methyl sites for hydroxylation is 2. The van der Waals surface area contributed by atoms with E-state index in [0.29, 0.717) is 0 Å². The van der Waals surface area contributed by atoms with Gasteiger partial charge in [-0.15, -0.1) is 10.2 Å². The van der Waals surface area contributed by atoms with E-state index in [9.17, 15) is 0 Å². The number of benzene rings is 1. The van der Waals surface area contributed by atoms with E-state index >= 15 is 0 Å². The Morgan fingerprint density at radius 2 is 2.14 bits per heavy atom. The third-order valence-corrected chi connectivity index (χ3v) is 5.02. The molecule has 4 nitrogen and oxygen atoms in total. The summed E-state index contributed by atoms with van der Waals surface area (Å²) in [5, 5.41) is 14.0. The maximum Gasteiger partial charge on any atom is 0.147 e. The first kappa shape index (κ1) is 16.5. The van der Waals surface area contributed by atoms with Gasteiger partial charge in [0.15, 0.2) is 0 Å². The lowest BCUT2D eigenvalue weighted by Gasteiger charge is -2.02. The summed E-state index contributed by atoms with van der Waals surface area (Å²) >= 11 is 5.20. The zero-order valence-corrected chi connectivity index (χ0v) is 14.8. The van der Waals surface area contributed by atoms with Crippen LogP contribution in [0.4, 0.5) is 0 Å². The van der Waals surface area contributed by atoms with Gasteiger partial charge in [-0.05, 0) is 37.6 Å². The van der Waals surface area contributed by atoms with Crippen LogP contribution in [-0.4, -0.2) is 37.0 Å². The number of methoxy groups -OCH3 is 1. The first-order valence-electron chi connectivity index (χ1n) is 6.99. The predicted molar refractivity (Wildman–Crippen MR) is 90.8 cm³/mol. The standard InChI is InChI=1S/C15H20BrN3OS/c1-11-10-12(5-6-13(11)16)15-19-18-14(21-15)4-3-7-17-8-9-20-2/h5-6,10,17H,3-4,7-9H2,1-2H3. The lowest BCUT2D eigenvalue weighted by Crippen LogP contribution is -2.20. The molecule has 0 aliphatic carbocycles. The summed E-state index contributed by atoms with van der Waals surface area (Å²) in [6, 6.07) is 6.28. The van der Waals surface area contributed by atoms with Gasteiger partial charge >= 0.3 is 0 Å². The van der Waals surface area contributed by atoms with Gasteiger partial charge in [0.05, 0.1) is 6.61 Å². The van der Waals surface area contributed by atoms with Crippen LogP contribution in [-0.2, 0) is 11.2 Å². The fourth-order valence-electron chi connectivity index (χ4n) is 1.91. The fourth-order valence-corrected chi connectivity index (χ4v) is 3.04. The molecule has 21 heavy (non-hydrogen) atoms. The molecule has 0 bridgehead atoms. The van der Waals surface area contributed by atoms with Gasteiger partial charge in [-0.1, -0.05) is 33.3 Å². The second-order valence-electron chi connectivity index (χ2n) is 4.81. The number of halogens is 1. The number of aromatic nitrogens is 2. The molecule has 1 aromatic heterocycles. The molecule has 0 atom stereocenters. The summed E-state index contributed by atoms with van der Waals surface area (Å²) in [5.41, 5.74) is 2.35. The van der Waals surface area contributed by atoms with E-state index in [0.717, 1.165) is 52.6 Å². The van der Waals surface area contributed by atoms with E-state index < -0.39 is 0 Å². The third kappa shape index (κ3) is 5.14. The second-order valence-corrected chi connectivity index (χ2v) is 6.73.